The van der Waals surface area contributed by atoms with Crippen molar-refractivity contribution in [2.75, 3.05) is 19.3 Å². The van der Waals surface area contributed by atoms with Gasteiger partial charge in [-0.25, -0.2) is 4.98 Å². The van der Waals surface area contributed by atoms with Crippen molar-refractivity contribution in [2.45, 2.75) is 5.75 Å². The third kappa shape index (κ3) is 4.78. The van der Waals surface area contributed by atoms with Gasteiger partial charge in [0.05, 0.1) is 0 Å². The van der Waals surface area contributed by atoms with Crippen LogP contribution < -0.4 is 10.6 Å². The summed E-state index contributed by atoms with van der Waals surface area (Å²) in [5.41, 5.74) is 0. The summed E-state index contributed by atoms with van der Waals surface area (Å²) in [5, 5.41) is 9.86. The van der Waals surface area contributed by atoms with Crippen LogP contribution in [-0.4, -0.2) is 29.4 Å². The quantitative estimate of drug-likeness (QED) is 0.609. The lowest BCUT2D eigenvalue weighted by atomic mass is 10.7. The lowest BCUT2D eigenvalue weighted by Crippen LogP contribution is -2.33. The highest BCUT2D eigenvalue weighted by Crippen LogP contribution is 2.13. The van der Waals surface area contributed by atoms with Crippen molar-refractivity contribution in [1.82, 2.24) is 15.6 Å². The SMILES string of the molecule is CNC(=S)NCCSCc1nccs1. The van der Waals surface area contributed by atoms with Crippen LogP contribution in [0.5, 0.6) is 0 Å². The van der Waals surface area contributed by atoms with Gasteiger partial charge in [0, 0.05) is 36.7 Å². The van der Waals surface area contributed by atoms with Crippen LogP contribution in [-0.2, 0) is 5.75 Å². The lowest BCUT2D eigenvalue weighted by molar-refractivity contribution is 0.943. The fourth-order valence-electron chi connectivity index (χ4n) is 0.809. The van der Waals surface area contributed by atoms with E-state index in [1.165, 1.54) is 5.01 Å². The van der Waals surface area contributed by atoms with Crippen molar-refractivity contribution < 1.29 is 0 Å². The fraction of sp³-hybridized carbons (Fsp3) is 0.500. The molecule has 0 unspecified atom stereocenters. The minimum atomic E-state index is 0.708. The smallest absolute Gasteiger partial charge is 0.166 e. The van der Waals surface area contributed by atoms with E-state index in [1.807, 2.05) is 30.4 Å². The van der Waals surface area contributed by atoms with Gasteiger partial charge in [-0.15, -0.1) is 11.3 Å². The Morgan fingerprint density at radius 3 is 3.21 bits per heavy atom. The normalized spacial score (nSPS) is 9.79. The highest BCUT2D eigenvalue weighted by Gasteiger charge is 1.95. The number of hydrogen-bond acceptors (Lipinski definition) is 4. The van der Waals surface area contributed by atoms with E-state index in [9.17, 15) is 0 Å². The number of nitrogens with zero attached hydrogens (tertiary/aromatic N) is 1. The zero-order chi connectivity index (χ0) is 10.2. The van der Waals surface area contributed by atoms with E-state index in [0.717, 1.165) is 18.1 Å². The van der Waals surface area contributed by atoms with Crippen LogP contribution in [0.2, 0.25) is 0 Å². The van der Waals surface area contributed by atoms with Crippen molar-refractivity contribution >= 4 is 40.4 Å². The van der Waals surface area contributed by atoms with Crippen LogP contribution in [0.4, 0.5) is 0 Å². The van der Waals surface area contributed by atoms with Gasteiger partial charge in [-0.3, -0.25) is 0 Å². The van der Waals surface area contributed by atoms with E-state index in [4.69, 9.17) is 12.2 Å². The van der Waals surface area contributed by atoms with Crippen LogP contribution in [0.1, 0.15) is 5.01 Å². The van der Waals surface area contributed by atoms with Gasteiger partial charge in [0.2, 0.25) is 0 Å². The maximum atomic E-state index is 4.94. The van der Waals surface area contributed by atoms with Crippen molar-refractivity contribution in [2.24, 2.45) is 0 Å². The van der Waals surface area contributed by atoms with Crippen molar-refractivity contribution in [3.8, 4) is 0 Å². The third-order valence-corrected chi connectivity index (χ3v) is 3.75. The minimum Gasteiger partial charge on any atom is -0.366 e. The summed E-state index contributed by atoms with van der Waals surface area (Å²) in [6.07, 6.45) is 1.84. The van der Waals surface area contributed by atoms with E-state index in [2.05, 4.69) is 15.6 Å². The fourth-order valence-corrected chi connectivity index (χ4v) is 2.47. The van der Waals surface area contributed by atoms with E-state index in [1.54, 1.807) is 11.3 Å². The molecule has 0 atom stereocenters. The van der Waals surface area contributed by atoms with Crippen LogP contribution in [0.15, 0.2) is 11.6 Å². The Hall–Kier alpha value is -0.330. The Balaban J connectivity index is 1.97. The maximum Gasteiger partial charge on any atom is 0.166 e. The molecule has 1 heterocycles. The summed E-state index contributed by atoms with van der Waals surface area (Å²) >= 11 is 8.51. The average molecular weight is 247 g/mol. The molecule has 2 N–H and O–H groups in total. The summed E-state index contributed by atoms with van der Waals surface area (Å²) in [6, 6.07) is 0. The molecule has 6 heteroatoms. The van der Waals surface area contributed by atoms with Gasteiger partial charge in [0.1, 0.15) is 5.01 Å². The van der Waals surface area contributed by atoms with E-state index >= 15 is 0 Å². The maximum absolute atomic E-state index is 4.94. The molecule has 14 heavy (non-hydrogen) atoms. The molecule has 0 aromatic carbocycles. The topological polar surface area (TPSA) is 37.0 Å². The van der Waals surface area contributed by atoms with Gasteiger partial charge < -0.3 is 10.6 Å². The Morgan fingerprint density at radius 2 is 2.57 bits per heavy atom. The second kappa shape index (κ2) is 7.03. The molecule has 0 aliphatic heterocycles. The van der Waals surface area contributed by atoms with Crippen molar-refractivity contribution in [3.05, 3.63) is 16.6 Å². The summed E-state index contributed by atoms with van der Waals surface area (Å²) < 4.78 is 0. The molecule has 0 aliphatic rings. The molecule has 0 aliphatic carbocycles. The number of thiazole rings is 1. The van der Waals surface area contributed by atoms with Gasteiger partial charge in [-0.05, 0) is 12.2 Å². The van der Waals surface area contributed by atoms with Crippen LogP contribution >= 0.6 is 35.3 Å². The number of rotatable bonds is 5. The summed E-state index contributed by atoms with van der Waals surface area (Å²) in [7, 11) is 1.82. The van der Waals surface area contributed by atoms with Gasteiger partial charge in [0.25, 0.3) is 0 Å². The monoisotopic (exact) mass is 247 g/mol. The van der Waals surface area contributed by atoms with Crippen molar-refractivity contribution in [1.29, 1.82) is 0 Å². The third-order valence-electron chi connectivity index (χ3n) is 1.47. The predicted molar refractivity (Wildman–Crippen MR) is 67.9 cm³/mol. The first kappa shape index (κ1) is 11.7. The molecule has 0 saturated carbocycles. The van der Waals surface area contributed by atoms with Crippen LogP contribution in [0, 0.1) is 0 Å². The number of hydrogen-bond donors (Lipinski definition) is 2. The minimum absolute atomic E-state index is 0.708. The predicted octanol–water partition coefficient (Wildman–Crippen LogP) is 1.47. The molecule has 1 rings (SSSR count). The number of thiocarbonyl (C=S) groups is 1. The zero-order valence-electron chi connectivity index (χ0n) is 7.95. The molecule has 3 nitrogen and oxygen atoms in total. The largest absolute Gasteiger partial charge is 0.366 e. The van der Waals surface area contributed by atoms with Gasteiger partial charge in [-0.2, -0.15) is 11.8 Å². The first-order valence-electron chi connectivity index (χ1n) is 4.24. The molecular formula is C8H13N3S3. The molecule has 78 valence electrons. The van der Waals surface area contributed by atoms with Gasteiger partial charge in [0.15, 0.2) is 5.11 Å². The molecule has 0 fully saturated rings. The molecule has 0 radical (unpaired) electrons. The second-order valence-corrected chi connectivity index (χ2v) is 4.98. The first-order valence-corrected chi connectivity index (χ1v) is 6.69. The van der Waals surface area contributed by atoms with Gasteiger partial charge >= 0.3 is 0 Å². The Bertz CT molecular complexity index is 261. The standard InChI is InChI=1S/C8H13N3S3/c1-9-8(12)11-2-4-13-6-7-10-3-5-14-7/h3,5H,2,4,6H2,1H3,(H2,9,11,12). The van der Waals surface area contributed by atoms with E-state index in [-0.39, 0.29) is 0 Å². The molecule has 0 spiro atoms. The van der Waals surface area contributed by atoms with E-state index < -0.39 is 0 Å². The van der Waals surface area contributed by atoms with Gasteiger partial charge in [-0.1, -0.05) is 0 Å². The Kier molecular flexibility index (Phi) is 5.89. The second-order valence-electron chi connectivity index (χ2n) is 2.48. The average Bonchev–Trinajstić information content (AvgIpc) is 2.69. The summed E-state index contributed by atoms with van der Waals surface area (Å²) in [5.74, 6) is 2.03. The van der Waals surface area contributed by atoms with E-state index in [0.29, 0.717) is 5.11 Å². The van der Waals surface area contributed by atoms with Crippen LogP contribution in [0.3, 0.4) is 0 Å². The Morgan fingerprint density at radius 1 is 1.71 bits per heavy atom. The molecular weight excluding hydrogens is 234 g/mol. The van der Waals surface area contributed by atoms with Crippen molar-refractivity contribution in [3.63, 3.8) is 0 Å². The molecule has 1 aromatic heterocycles. The highest BCUT2D eigenvalue weighted by atomic mass is 32.2. The summed E-state index contributed by atoms with van der Waals surface area (Å²) in [6.45, 7) is 0.899. The summed E-state index contributed by atoms with van der Waals surface area (Å²) in [4.78, 5) is 4.20. The molecule has 1 aromatic rings. The molecule has 0 saturated heterocycles. The number of thioether (sulfide) groups is 1. The number of aromatic nitrogens is 1. The zero-order valence-corrected chi connectivity index (χ0v) is 10.4. The molecule has 0 amide bonds. The van der Waals surface area contributed by atoms with Crippen LogP contribution in [0.25, 0.3) is 0 Å². The lowest BCUT2D eigenvalue weighted by Gasteiger charge is -2.05. The Labute approximate surface area is 97.7 Å². The number of nitrogens with one attached hydrogen (secondary N) is 2. The highest BCUT2D eigenvalue weighted by molar-refractivity contribution is 7.98. The first-order chi connectivity index (χ1) is 6.83. The molecule has 0 bridgehead atoms.